The van der Waals surface area contributed by atoms with E-state index in [2.05, 4.69) is 25.7 Å². The zero-order valence-corrected chi connectivity index (χ0v) is 8.13. The average molecular weight is 209 g/mol. The van der Waals surface area contributed by atoms with Crippen molar-refractivity contribution in [2.45, 2.75) is 6.92 Å². The fourth-order valence-electron chi connectivity index (χ4n) is 0.894. The van der Waals surface area contributed by atoms with Gasteiger partial charge in [0, 0.05) is 6.20 Å². The second-order valence-corrected chi connectivity index (χ2v) is 3.73. The van der Waals surface area contributed by atoms with Crippen LogP contribution >= 0.6 is 11.3 Å². The molecule has 0 aliphatic rings. The molecule has 2 rings (SSSR count). The van der Waals surface area contributed by atoms with Crippen LogP contribution in [0.5, 0.6) is 0 Å². The lowest BCUT2D eigenvalue weighted by atomic mass is 10.4. The Balaban J connectivity index is 2.09. The number of aromatic nitrogens is 4. The van der Waals surface area contributed by atoms with E-state index in [4.69, 9.17) is 0 Å². The van der Waals surface area contributed by atoms with Gasteiger partial charge in [-0.25, -0.2) is 0 Å². The van der Waals surface area contributed by atoms with E-state index >= 15 is 0 Å². The van der Waals surface area contributed by atoms with Crippen molar-refractivity contribution >= 4 is 22.4 Å². The van der Waals surface area contributed by atoms with Crippen LogP contribution in [0.25, 0.3) is 0 Å². The molecule has 0 saturated heterocycles. The molecule has 0 atom stereocenters. The van der Waals surface area contributed by atoms with Crippen LogP contribution in [-0.2, 0) is 0 Å². The first-order valence-electron chi connectivity index (χ1n) is 3.86. The molecule has 0 aliphatic heterocycles. The van der Waals surface area contributed by atoms with Gasteiger partial charge < -0.3 is 0 Å². The molecule has 2 aromatic heterocycles. The fourth-order valence-corrected chi connectivity index (χ4v) is 1.48. The van der Waals surface area contributed by atoms with Gasteiger partial charge in [0.2, 0.25) is 5.13 Å². The number of nitrogens with zero attached hydrogens (tertiary/aromatic N) is 3. The maximum absolute atomic E-state index is 11.4. The maximum Gasteiger partial charge on any atom is 0.275 e. The van der Waals surface area contributed by atoms with Crippen LogP contribution in [-0.4, -0.2) is 26.3 Å². The first kappa shape index (κ1) is 8.82. The van der Waals surface area contributed by atoms with E-state index in [1.165, 1.54) is 17.5 Å². The van der Waals surface area contributed by atoms with Crippen molar-refractivity contribution in [3.63, 3.8) is 0 Å². The van der Waals surface area contributed by atoms with Crippen LogP contribution in [0.3, 0.4) is 0 Å². The van der Waals surface area contributed by atoms with Gasteiger partial charge in [-0.15, -0.1) is 10.2 Å². The largest absolute Gasteiger partial charge is 0.295 e. The van der Waals surface area contributed by atoms with E-state index in [0.29, 0.717) is 10.8 Å². The molecule has 72 valence electrons. The van der Waals surface area contributed by atoms with Crippen LogP contribution in [0.2, 0.25) is 0 Å². The number of carbonyl (C=O) groups is 1. The number of nitrogens with one attached hydrogen (secondary N) is 2. The van der Waals surface area contributed by atoms with Gasteiger partial charge in [0.1, 0.15) is 10.7 Å². The topological polar surface area (TPSA) is 83.6 Å². The quantitative estimate of drug-likeness (QED) is 0.767. The molecule has 0 bridgehead atoms. The lowest BCUT2D eigenvalue weighted by molar-refractivity contribution is 0.102. The highest BCUT2D eigenvalue weighted by Gasteiger charge is 2.09. The van der Waals surface area contributed by atoms with Gasteiger partial charge in [0.15, 0.2) is 0 Å². The molecule has 1 amide bonds. The third-order valence-corrected chi connectivity index (χ3v) is 2.25. The van der Waals surface area contributed by atoms with E-state index in [1.54, 1.807) is 6.07 Å². The van der Waals surface area contributed by atoms with E-state index in [-0.39, 0.29) is 5.91 Å². The summed E-state index contributed by atoms with van der Waals surface area (Å²) in [7, 11) is 0. The normalized spacial score (nSPS) is 10.1. The summed E-state index contributed by atoms with van der Waals surface area (Å²) in [5.74, 6) is -0.265. The smallest absolute Gasteiger partial charge is 0.275 e. The van der Waals surface area contributed by atoms with Crippen molar-refractivity contribution in [3.05, 3.63) is 23.0 Å². The molecule has 0 radical (unpaired) electrons. The molecule has 0 fully saturated rings. The van der Waals surface area contributed by atoms with Crippen molar-refractivity contribution in [3.8, 4) is 0 Å². The SMILES string of the molecule is Cc1nnc(NC(=O)c2ccn[nH]2)s1. The van der Waals surface area contributed by atoms with Gasteiger partial charge in [-0.2, -0.15) is 5.10 Å². The molecular formula is C7H7N5OS. The van der Waals surface area contributed by atoms with Crippen LogP contribution in [0.15, 0.2) is 12.3 Å². The molecule has 0 unspecified atom stereocenters. The van der Waals surface area contributed by atoms with E-state index < -0.39 is 0 Å². The Morgan fingerprint density at radius 2 is 2.43 bits per heavy atom. The summed E-state index contributed by atoms with van der Waals surface area (Å²) in [6.45, 7) is 1.82. The summed E-state index contributed by atoms with van der Waals surface area (Å²) >= 11 is 1.32. The number of amides is 1. The van der Waals surface area contributed by atoms with Gasteiger partial charge in [0.25, 0.3) is 5.91 Å². The molecule has 0 aliphatic carbocycles. The van der Waals surface area contributed by atoms with Gasteiger partial charge >= 0.3 is 0 Å². The molecule has 0 aromatic carbocycles. The Labute approximate surface area is 83.4 Å². The zero-order chi connectivity index (χ0) is 9.97. The number of anilines is 1. The number of aryl methyl sites for hydroxylation is 1. The first-order chi connectivity index (χ1) is 6.75. The first-order valence-corrected chi connectivity index (χ1v) is 4.68. The Morgan fingerprint density at radius 1 is 1.57 bits per heavy atom. The minimum absolute atomic E-state index is 0.265. The Bertz CT molecular complexity index is 435. The lowest BCUT2D eigenvalue weighted by Crippen LogP contribution is -2.12. The zero-order valence-electron chi connectivity index (χ0n) is 7.31. The highest BCUT2D eigenvalue weighted by molar-refractivity contribution is 7.15. The molecule has 14 heavy (non-hydrogen) atoms. The van der Waals surface area contributed by atoms with Gasteiger partial charge in [-0.3, -0.25) is 15.2 Å². The molecule has 2 N–H and O–H groups in total. The summed E-state index contributed by atoms with van der Waals surface area (Å²) in [4.78, 5) is 11.4. The van der Waals surface area contributed by atoms with Crippen molar-refractivity contribution in [2.24, 2.45) is 0 Å². The standard InChI is InChI=1S/C7H7N5OS/c1-4-10-12-7(14-4)9-6(13)5-2-3-8-11-5/h2-3H,1H3,(H,8,11)(H,9,12,13). The highest BCUT2D eigenvalue weighted by atomic mass is 32.1. The number of hydrogen-bond donors (Lipinski definition) is 2. The number of hydrogen-bond acceptors (Lipinski definition) is 5. The number of aromatic amines is 1. The molecule has 7 heteroatoms. The molecule has 2 heterocycles. The number of H-pyrrole nitrogens is 1. The third-order valence-electron chi connectivity index (χ3n) is 1.49. The predicted octanol–water partition coefficient (Wildman–Crippen LogP) is 0.822. The summed E-state index contributed by atoms with van der Waals surface area (Å²) in [5, 5.41) is 17.7. The van der Waals surface area contributed by atoms with Crippen LogP contribution < -0.4 is 5.32 Å². The van der Waals surface area contributed by atoms with Crippen molar-refractivity contribution in [2.75, 3.05) is 5.32 Å². The Kier molecular flexibility index (Phi) is 2.23. The van der Waals surface area contributed by atoms with Crippen LogP contribution in [0, 0.1) is 6.92 Å². The number of rotatable bonds is 2. The van der Waals surface area contributed by atoms with Crippen molar-refractivity contribution in [1.29, 1.82) is 0 Å². The van der Waals surface area contributed by atoms with E-state index in [9.17, 15) is 4.79 Å². The summed E-state index contributed by atoms with van der Waals surface area (Å²) < 4.78 is 0. The summed E-state index contributed by atoms with van der Waals surface area (Å²) in [5.41, 5.74) is 0.401. The van der Waals surface area contributed by atoms with E-state index in [1.807, 2.05) is 6.92 Å². The fraction of sp³-hybridized carbons (Fsp3) is 0.143. The van der Waals surface area contributed by atoms with Gasteiger partial charge in [0.05, 0.1) is 0 Å². The third kappa shape index (κ3) is 1.77. The molecular weight excluding hydrogens is 202 g/mol. The second kappa shape index (κ2) is 3.54. The van der Waals surface area contributed by atoms with Crippen molar-refractivity contribution < 1.29 is 4.79 Å². The average Bonchev–Trinajstić information content (AvgIpc) is 2.75. The monoisotopic (exact) mass is 209 g/mol. The maximum atomic E-state index is 11.4. The molecule has 0 spiro atoms. The summed E-state index contributed by atoms with van der Waals surface area (Å²) in [6.07, 6.45) is 1.51. The Hall–Kier alpha value is -1.76. The van der Waals surface area contributed by atoms with Gasteiger partial charge in [-0.1, -0.05) is 11.3 Å². The van der Waals surface area contributed by atoms with Crippen LogP contribution in [0.1, 0.15) is 15.5 Å². The molecule has 2 aromatic rings. The van der Waals surface area contributed by atoms with Crippen LogP contribution in [0.4, 0.5) is 5.13 Å². The minimum atomic E-state index is -0.265. The number of carbonyl (C=O) groups excluding carboxylic acids is 1. The highest BCUT2D eigenvalue weighted by Crippen LogP contribution is 2.14. The summed E-state index contributed by atoms with van der Waals surface area (Å²) in [6, 6.07) is 1.59. The predicted molar refractivity (Wildman–Crippen MR) is 51.2 cm³/mol. The van der Waals surface area contributed by atoms with Gasteiger partial charge in [-0.05, 0) is 13.0 Å². The Morgan fingerprint density at radius 3 is 3.00 bits per heavy atom. The van der Waals surface area contributed by atoms with Crippen molar-refractivity contribution in [1.82, 2.24) is 20.4 Å². The van der Waals surface area contributed by atoms with E-state index in [0.717, 1.165) is 5.01 Å². The lowest BCUT2D eigenvalue weighted by Gasteiger charge is -1.95. The molecule has 0 saturated carbocycles. The second-order valence-electron chi connectivity index (χ2n) is 2.55. The minimum Gasteiger partial charge on any atom is -0.295 e. The molecule has 6 nitrogen and oxygen atoms in total.